The third-order valence-electron chi connectivity index (χ3n) is 2.58. The van der Waals surface area contributed by atoms with Gasteiger partial charge in [0, 0.05) is 12.4 Å². The third kappa shape index (κ3) is 3.20. The van der Waals surface area contributed by atoms with Crippen molar-refractivity contribution in [3.8, 4) is 0 Å². The first-order valence-electron chi connectivity index (χ1n) is 5.63. The fraction of sp³-hybridized carbons (Fsp3) is 0.200. The molecule has 0 N–H and O–H groups in total. The molecule has 0 saturated heterocycles. The maximum Gasteiger partial charge on any atom is 0.0270 e. The molecule has 0 aliphatic carbocycles. The van der Waals surface area contributed by atoms with Crippen molar-refractivity contribution >= 4 is 0 Å². The zero-order valence-electron chi connectivity index (χ0n) is 9.51. The number of nitrogens with zero attached hydrogens (tertiary/aromatic N) is 1. The van der Waals surface area contributed by atoms with Crippen LogP contribution in [0, 0.1) is 12.3 Å². The molecule has 0 aliphatic rings. The average Bonchev–Trinajstić information content (AvgIpc) is 2.31. The van der Waals surface area contributed by atoms with Crippen molar-refractivity contribution in [1.82, 2.24) is 4.98 Å². The van der Waals surface area contributed by atoms with Crippen molar-refractivity contribution in [2.75, 3.05) is 0 Å². The highest BCUT2D eigenvalue weighted by atomic mass is 14.6. The van der Waals surface area contributed by atoms with Gasteiger partial charge in [0.1, 0.15) is 0 Å². The molecule has 1 radical (unpaired) electrons. The molecular formula is C15H16N. The van der Waals surface area contributed by atoms with Gasteiger partial charge in [0.2, 0.25) is 0 Å². The van der Waals surface area contributed by atoms with Gasteiger partial charge < -0.3 is 0 Å². The van der Waals surface area contributed by atoms with Crippen LogP contribution in [0.5, 0.6) is 0 Å². The number of hydrogen-bond donors (Lipinski definition) is 0. The maximum absolute atomic E-state index is 4.03. The van der Waals surface area contributed by atoms with Gasteiger partial charge in [-0.1, -0.05) is 37.3 Å². The fourth-order valence-electron chi connectivity index (χ4n) is 1.84. The first-order chi connectivity index (χ1) is 7.84. The van der Waals surface area contributed by atoms with Crippen LogP contribution in [0.3, 0.4) is 0 Å². The molecule has 16 heavy (non-hydrogen) atoms. The highest BCUT2D eigenvalue weighted by molar-refractivity contribution is 5.24. The Labute approximate surface area is 97.2 Å². The summed E-state index contributed by atoms with van der Waals surface area (Å²) in [7, 11) is 0. The quantitative estimate of drug-likeness (QED) is 0.752. The van der Waals surface area contributed by atoms with E-state index in [-0.39, 0.29) is 0 Å². The predicted octanol–water partition coefficient (Wildman–Crippen LogP) is 3.51. The van der Waals surface area contributed by atoms with Crippen LogP contribution in [-0.2, 0) is 6.42 Å². The molecule has 0 bridgehead atoms. The summed E-state index contributed by atoms with van der Waals surface area (Å²) >= 11 is 0. The summed E-state index contributed by atoms with van der Waals surface area (Å²) in [5, 5.41) is 0. The van der Waals surface area contributed by atoms with Crippen LogP contribution in [0.1, 0.15) is 18.1 Å². The van der Waals surface area contributed by atoms with Gasteiger partial charge >= 0.3 is 0 Å². The lowest BCUT2D eigenvalue weighted by atomic mass is 9.95. The highest BCUT2D eigenvalue weighted by Crippen LogP contribution is 2.15. The van der Waals surface area contributed by atoms with Gasteiger partial charge in [-0.15, -0.1) is 0 Å². The number of pyridine rings is 1. The van der Waals surface area contributed by atoms with Crippen molar-refractivity contribution in [1.29, 1.82) is 0 Å². The van der Waals surface area contributed by atoms with E-state index in [2.05, 4.69) is 54.7 Å². The number of aromatic nitrogens is 1. The van der Waals surface area contributed by atoms with E-state index in [1.165, 1.54) is 11.1 Å². The molecule has 1 heteroatoms. The molecule has 0 amide bonds. The Balaban J connectivity index is 1.92. The zero-order chi connectivity index (χ0) is 11.2. The van der Waals surface area contributed by atoms with Gasteiger partial charge in [0.15, 0.2) is 0 Å². The Kier molecular flexibility index (Phi) is 3.71. The summed E-state index contributed by atoms with van der Waals surface area (Å²) in [6, 6.07) is 14.6. The molecule has 0 spiro atoms. The molecule has 0 saturated carbocycles. The molecule has 2 aromatic rings. The van der Waals surface area contributed by atoms with Gasteiger partial charge in [-0.25, -0.2) is 0 Å². The van der Waals surface area contributed by atoms with Crippen LogP contribution in [0.4, 0.5) is 0 Å². The minimum atomic E-state index is 0.546. The van der Waals surface area contributed by atoms with E-state index in [9.17, 15) is 0 Å². The van der Waals surface area contributed by atoms with E-state index in [0.29, 0.717) is 5.92 Å². The molecule has 1 unspecified atom stereocenters. The Morgan fingerprint density at radius 2 is 1.75 bits per heavy atom. The Morgan fingerprint density at radius 3 is 2.44 bits per heavy atom. The van der Waals surface area contributed by atoms with E-state index >= 15 is 0 Å². The van der Waals surface area contributed by atoms with Crippen molar-refractivity contribution in [3.05, 3.63) is 72.4 Å². The van der Waals surface area contributed by atoms with Gasteiger partial charge in [-0.3, -0.25) is 4.98 Å². The summed E-state index contributed by atoms with van der Waals surface area (Å²) in [5.41, 5.74) is 2.64. The zero-order valence-corrected chi connectivity index (χ0v) is 9.51. The van der Waals surface area contributed by atoms with Crippen LogP contribution in [0.25, 0.3) is 0 Å². The molecule has 0 fully saturated rings. The monoisotopic (exact) mass is 210 g/mol. The third-order valence-corrected chi connectivity index (χ3v) is 2.58. The van der Waals surface area contributed by atoms with E-state index in [1.807, 2.05) is 18.5 Å². The second-order valence-corrected chi connectivity index (χ2v) is 4.11. The SMILES string of the molecule is CC([CH]c1ccccc1)Cc1ccncc1. The van der Waals surface area contributed by atoms with Crippen LogP contribution >= 0.6 is 0 Å². The lowest BCUT2D eigenvalue weighted by Gasteiger charge is -2.10. The second kappa shape index (κ2) is 5.45. The summed E-state index contributed by atoms with van der Waals surface area (Å²) < 4.78 is 0. The summed E-state index contributed by atoms with van der Waals surface area (Å²) in [5.74, 6) is 0.546. The van der Waals surface area contributed by atoms with Gasteiger partial charge in [-0.2, -0.15) is 0 Å². The van der Waals surface area contributed by atoms with Crippen molar-refractivity contribution in [3.63, 3.8) is 0 Å². The Bertz CT molecular complexity index is 366. The molecular weight excluding hydrogens is 194 g/mol. The molecule has 1 nitrogen and oxygen atoms in total. The summed E-state index contributed by atoms with van der Waals surface area (Å²) in [6.07, 6.45) is 7.08. The summed E-state index contributed by atoms with van der Waals surface area (Å²) in [6.45, 7) is 2.24. The molecule has 81 valence electrons. The smallest absolute Gasteiger partial charge is 0.0270 e. The lowest BCUT2D eigenvalue weighted by molar-refractivity contribution is 0.681. The fourth-order valence-corrected chi connectivity index (χ4v) is 1.84. The second-order valence-electron chi connectivity index (χ2n) is 4.11. The van der Waals surface area contributed by atoms with Crippen molar-refractivity contribution in [2.24, 2.45) is 5.92 Å². The van der Waals surface area contributed by atoms with Crippen LogP contribution in [-0.4, -0.2) is 4.98 Å². The summed E-state index contributed by atoms with van der Waals surface area (Å²) in [4.78, 5) is 4.03. The normalized spacial score (nSPS) is 12.3. The van der Waals surface area contributed by atoms with Crippen molar-refractivity contribution < 1.29 is 0 Å². The first kappa shape index (κ1) is 10.9. The minimum Gasteiger partial charge on any atom is -0.265 e. The molecule has 1 aromatic carbocycles. The van der Waals surface area contributed by atoms with Gasteiger partial charge in [-0.05, 0) is 42.0 Å². The van der Waals surface area contributed by atoms with E-state index in [1.54, 1.807) is 0 Å². The Hall–Kier alpha value is -1.63. The first-order valence-corrected chi connectivity index (χ1v) is 5.63. The average molecular weight is 210 g/mol. The van der Waals surface area contributed by atoms with E-state index < -0.39 is 0 Å². The maximum atomic E-state index is 4.03. The van der Waals surface area contributed by atoms with Crippen LogP contribution in [0.2, 0.25) is 0 Å². The van der Waals surface area contributed by atoms with E-state index in [4.69, 9.17) is 0 Å². The predicted molar refractivity (Wildman–Crippen MR) is 66.9 cm³/mol. The van der Waals surface area contributed by atoms with Crippen molar-refractivity contribution in [2.45, 2.75) is 13.3 Å². The molecule has 1 heterocycles. The van der Waals surface area contributed by atoms with Gasteiger partial charge in [0.25, 0.3) is 0 Å². The Morgan fingerprint density at radius 1 is 1.06 bits per heavy atom. The standard InChI is InChI=1S/C15H16N/c1-13(11-14-5-3-2-4-6-14)12-15-7-9-16-10-8-15/h2-11,13H,12H2,1H3. The lowest BCUT2D eigenvalue weighted by Crippen LogP contribution is -2.01. The highest BCUT2D eigenvalue weighted by Gasteiger charge is 2.04. The molecule has 2 rings (SSSR count). The topological polar surface area (TPSA) is 12.9 Å². The largest absolute Gasteiger partial charge is 0.265 e. The van der Waals surface area contributed by atoms with Crippen LogP contribution < -0.4 is 0 Å². The number of hydrogen-bond acceptors (Lipinski definition) is 1. The van der Waals surface area contributed by atoms with E-state index in [0.717, 1.165) is 6.42 Å². The minimum absolute atomic E-state index is 0.546. The molecule has 1 atom stereocenters. The van der Waals surface area contributed by atoms with Gasteiger partial charge in [0.05, 0.1) is 0 Å². The van der Waals surface area contributed by atoms with Crippen LogP contribution in [0.15, 0.2) is 54.9 Å². The number of rotatable bonds is 4. The number of benzene rings is 1. The molecule has 1 aromatic heterocycles. The molecule has 0 aliphatic heterocycles.